The first kappa shape index (κ1) is 15.3. The van der Waals surface area contributed by atoms with Crippen LogP contribution in [0.1, 0.15) is 52.9 Å². The van der Waals surface area contributed by atoms with Crippen molar-refractivity contribution < 1.29 is 14.9 Å². The monoisotopic (exact) mass is 346 g/mol. The molecule has 2 saturated carbocycles. The van der Waals surface area contributed by atoms with Gasteiger partial charge in [0.2, 0.25) is 0 Å². The smallest absolute Gasteiger partial charge is 0.114 e. The van der Waals surface area contributed by atoms with E-state index >= 15 is 0 Å². The molecule has 116 valence electrons. The summed E-state index contributed by atoms with van der Waals surface area (Å²) in [7, 11) is 0. The van der Waals surface area contributed by atoms with Crippen LogP contribution in [-0.2, 0) is 4.74 Å². The Hall–Kier alpha value is 0.360. The van der Waals surface area contributed by atoms with Gasteiger partial charge in [0.05, 0.1) is 12.7 Å². The molecule has 3 rings (SSSR count). The van der Waals surface area contributed by atoms with E-state index in [4.69, 9.17) is 4.74 Å². The third kappa shape index (κ3) is 2.10. The third-order valence-corrected chi connectivity index (χ3v) is 8.00. The predicted octanol–water partition coefficient (Wildman–Crippen LogP) is 2.87. The number of aliphatic hydroxyl groups is 2. The second-order valence-corrected chi connectivity index (χ2v) is 9.29. The fourth-order valence-corrected chi connectivity index (χ4v) is 4.91. The molecule has 1 aliphatic heterocycles. The zero-order valence-electron chi connectivity index (χ0n) is 12.7. The van der Waals surface area contributed by atoms with Crippen LogP contribution in [0.4, 0.5) is 0 Å². The molecule has 0 radical (unpaired) electrons. The molecule has 6 atom stereocenters. The van der Waals surface area contributed by atoms with Crippen molar-refractivity contribution >= 4 is 15.9 Å². The van der Waals surface area contributed by atoms with Crippen LogP contribution in [-0.4, -0.2) is 39.5 Å². The highest BCUT2D eigenvalue weighted by atomic mass is 79.9. The number of hydrogen-bond acceptors (Lipinski definition) is 3. The summed E-state index contributed by atoms with van der Waals surface area (Å²) >= 11 is 3.81. The molecule has 4 heteroatoms. The summed E-state index contributed by atoms with van der Waals surface area (Å²) in [4.78, 5) is 0.580. The topological polar surface area (TPSA) is 53.0 Å². The highest BCUT2D eigenvalue weighted by molar-refractivity contribution is 9.09. The minimum atomic E-state index is -0.522. The van der Waals surface area contributed by atoms with Crippen molar-refractivity contribution in [1.82, 2.24) is 0 Å². The zero-order chi connectivity index (χ0) is 14.8. The van der Waals surface area contributed by atoms with Crippen LogP contribution in [0.5, 0.6) is 0 Å². The zero-order valence-corrected chi connectivity index (χ0v) is 14.3. The van der Waals surface area contributed by atoms with Crippen molar-refractivity contribution in [2.75, 3.05) is 6.61 Å². The Morgan fingerprint density at radius 1 is 1.20 bits per heavy atom. The Labute approximate surface area is 130 Å². The van der Waals surface area contributed by atoms with Crippen molar-refractivity contribution in [2.45, 2.75) is 75.5 Å². The molecule has 0 bridgehead atoms. The lowest BCUT2D eigenvalue weighted by atomic mass is 9.61. The molecule has 0 amide bonds. The maximum atomic E-state index is 10.5. The Kier molecular flexibility index (Phi) is 3.57. The average Bonchev–Trinajstić information content (AvgIpc) is 3.14. The van der Waals surface area contributed by atoms with Gasteiger partial charge in [-0.15, -0.1) is 0 Å². The van der Waals surface area contributed by atoms with Crippen molar-refractivity contribution in [3.05, 3.63) is 0 Å². The van der Waals surface area contributed by atoms with E-state index in [0.29, 0.717) is 10.7 Å². The highest BCUT2D eigenvalue weighted by Gasteiger charge is 2.69. The van der Waals surface area contributed by atoms with E-state index in [9.17, 15) is 10.2 Å². The van der Waals surface area contributed by atoms with Gasteiger partial charge in [-0.1, -0.05) is 36.7 Å². The Balaban J connectivity index is 1.75. The SMILES string of the molecule is CC1(C)C[C@@H]([C@]23CC[C@@](C)(CO)[C@@H](O)[C@H]2O3)CC[C@@H]1Br. The minimum absolute atomic E-state index is 0.0454. The number of alkyl halides is 1. The van der Waals surface area contributed by atoms with Crippen LogP contribution in [0.25, 0.3) is 0 Å². The fourth-order valence-electron chi connectivity index (χ4n) is 4.46. The average molecular weight is 347 g/mol. The molecule has 1 saturated heterocycles. The van der Waals surface area contributed by atoms with Gasteiger partial charge in [0.1, 0.15) is 11.7 Å². The number of fused-ring (bicyclic) bond motifs is 1. The molecule has 0 spiro atoms. The summed E-state index contributed by atoms with van der Waals surface area (Å²) in [6, 6.07) is 0. The van der Waals surface area contributed by atoms with Gasteiger partial charge < -0.3 is 14.9 Å². The summed E-state index contributed by atoms with van der Waals surface area (Å²) in [6.45, 7) is 6.67. The number of ether oxygens (including phenoxy) is 1. The standard InChI is InChI=1S/C16H27BrO3/c1-14(2)8-10(4-5-11(14)17)16-7-6-15(3,9-18)12(19)13(16)20-16/h10-13,18-19H,4-9H2,1-3H3/t10-,11-,12-,13+,15-,16+/m0/s1. The summed E-state index contributed by atoms with van der Waals surface area (Å²) in [5.41, 5.74) is -0.192. The fraction of sp³-hybridized carbons (Fsp3) is 1.00. The van der Waals surface area contributed by atoms with E-state index < -0.39 is 6.10 Å². The number of aliphatic hydroxyl groups excluding tert-OH is 2. The lowest BCUT2D eigenvalue weighted by Crippen LogP contribution is -2.50. The van der Waals surface area contributed by atoms with Crippen LogP contribution in [0, 0.1) is 16.7 Å². The molecule has 2 aliphatic carbocycles. The molecule has 1 heterocycles. The molecular weight excluding hydrogens is 320 g/mol. The van der Waals surface area contributed by atoms with E-state index in [-0.39, 0.29) is 29.1 Å². The van der Waals surface area contributed by atoms with Crippen molar-refractivity contribution in [1.29, 1.82) is 0 Å². The highest BCUT2D eigenvalue weighted by Crippen LogP contribution is 2.61. The number of halogens is 1. The summed E-state index contributed by atoms with van der Waals surface area (Å²) in [5, 5.41) is 20.1. The van der Waals surface area contributed by atoms with Gasteiger partial charge in [-0.3, -0.25) is 0 Å². The van der Waals surface area contributed by atoms with Crippen LogP contribution in [0.15, 0.2) is 0 Å². The van der Waals surface area contributed by atoms with Gasteiger partial charge in [-0.25, -0.2) is 0 Å². The molecule has 0 aromatic carbocycles. The van der Waals surface area contributed by atoms with E-state index in [0.717, 1.165) is 19.3 Å². The molecule has 20 heavy (non-hydrogen) atoms. The molecule has 0 unspecified atom stereocenters. The van der Waals surface area contributed by atoms with Gasteiger partial charge in [-0.2, -0.15) is 0 Å². The van der Waals surface area contributed by atoms with E-state index in [1.165, 1.54) is 12.8 Å². The van der Waals surface area contributed by atoms with Gasteiger partial charge >= 0.3 is 0 Å². The molecular formula is C16H27BrO3. The lowest BCUT2D eigenvalue weighted by Gasteiger charge is -2.45. The number of hydrogen-bond donors (Lipinski definition) is 2. The van der Waals surface area contributed by atoms with Gasteiger partial charge in [0.15, 0.2) is 0 Å². The maximum Gasteiger partial charge on any atom is 0.114 e. The predicted molar refractivity (Wildman–Crippen MR) is 81.9 cm³/mol. The normalized spacial score (nSPS) is 54.3. The van der Waals surface area contributed by atoms with Crippen molar-refractivity contribution in [3.8, 4) is 0 Å². The summed E-state index contributed by atoms with van der Waals surface area (Å²) < 4.78 is 6.07. The Bertz CT molecular complexity index is 399. The van der Waals surface area contributed by atoms with Crippen molar-refractivity contribution in [3.63, 3.8) is 0 Å². The van der Waals surface area contributed by atoms with Gasteiger partial charge in [-0.05, 0) is 43.4 Å². The molecule has 3 fully saturated rings. The molecule has 0 aromatic rings. The van der Waals surface area contributed by atoms with Crippen LogP contribution in [0.2, 0.25) is 0 Å². The summed E-state index contributed by atoms with van der Waals surface area (Å²) in [6.07, 6.45) is 4.78. The second kappa shape index (κ2) is 4.68. The number of epoxide rings is 1. The Morgan fingerprint density at radius 3 is 2.50 bits per heavy atom. The van der Waals surface area contributed by atoms with Crippen LogP contribution in [0.3, 0.4) is 0 Å². The largest absolute Gasteiger partial charge is 0.396 e. The lowest BCUT2D eigenvalue weighted by molar-refractivity contribution is -0.0403. The van der Waals surface area contributed by atoms with Gasteiger partial charge in [0.25, 0.3) is 0 Å². The molecule has 3 nitrogen and oxygen atoms in total. The molecule has 3 aliphatic rings. The van der Waals surface area contributed by atoms with E-state index in [1.54, 1.807) is 0 Å². The second-order valence-electron chi connectivity index (χ2n) is 8.18. The van der Waals surface area contributed by atoms with Gasteiger partial charge in [0, 0.05) is 10.2 Å². The van der Waals surface area contributed by atoms with Crippen LogP contribution >= 0.6 is 15.9 Å². The quantitative estimate of drug-likeness (QED) is 0.597. The van der Waals surface area contributed by atoms with E-state index in [1.807, 2.05) is 6.92 Å². The summed E-state index contributed by atoms with van der Waals surface area (Å²) in [5.74, 6) is 0.550. The first-order valence-electron chi connectivity index (χ1n) is 7.86. The molecule has 2 N–H and O–H groups in total. The first-order valence-corrected chi connectivity index (χ1v) is 8.78. The maximum absolute atomic E-state index is 10.5. The van der Waals surface area contributed by atoms with E-state index in [2.05, 4.69) is 29.8 Å². The third-order valence-electron chi connectivity index (χ3n) is 6.30. The molecule has 0 aromatic heterocycles. The Morgan fingerprint density at radius 2 is 1.90 bits per heavy atom. The van der Waals surface area contributed by atoms with Crippen molar-refractivity contribution in [2.24, 2.45) is 16.7 Å². The van der Waals surface area contributed by atoms with Crippen LogP contribution < -0.4 is 0 Å². The minimum Gasteiger partial charge on any atom is -0.396 e. The first-order chi connectivity index (χ1) is 9.25. The number of rotatable bonds is 2.